The van der Waals surface area contributed by atoms with Crippen molar-refractivity contribution in [3.8, 4) is 0 Å². The molecule has 0 radical (unpaired) electrons. The summed E-state index contributed by atoms with van der Waals surface area (Å²) in [6.45, 7) is 19.3. The van der Waals surface area contributed by atoms with Crippen LogP contribution in [0.5, 0.6) is 0 Å². The van der Waals surface area contributed by atoms with Gasteiger partial charge >= 0.3 is 12.1 Å². The molecule has 0 fully saturated rings. The highest BCUT2D eigenvalue weighted by molar-refractivity contribution is 6.00. The number of hydrogen-bond acceptors (Lipinski definition) is 17. The van der Waals surface area contributed by atoms with Crippen molar-refractivity contribution in [3.05, 3.63) is 144 Å². The Labute approximate surface area is 620 Å². The molecule has 0 aliphatic rings. The van der Waals surface area contributed by atoms with Gasteiger partial charge in [0.15, 0.2) is 0 Å². The molecule has 106 heavy (non-hydrogen) atoms. The smallest absolute Gasteiger partial charge is 0.408 e. The predicted molar refractivity (Wildman–Crippen MR) is 393 cm³/mol. The van der Waals surface area contributed by atoms with Crippen LogP contribution in [0.2, 0.25) is 0 Å². The molecule has 30 nitrogen and oxygen atoms in total. The van der Waals surface area contributed by atoms with Crippen LogP contribution < -0.4 is 58.9 Å². The van der Waals surface area contributed by atoms with Crippen molar-refractivity contribution in [2.75, 3.05) is 33.8 Å². The standard InChI is InChI=1S/C76H107N13O17/c1-45(2)36-54(82-61(91)42-79-70(99)59(39-52-32-24-18-25-33-52)89(15)72(101)48(6)81-68(97)56(38-51-30-22-17-23-31-51)86-74(103)106-76(11,12)13)67(96)80-47(5)64(93)87-63(46(3)4)71(100)83-55(37-50-28-20-16-21-29-50)69(98)84-57(40-62(92)104-43-53-34-26-19-27-35-53)73(102)88(14)49(7)65(94)85-58(44-105-75(8,9)10)66(95)78-41-60(77)90/h16-35,45-49,54-59,63H,36-44H2,1-15H3,(H2,77,90)(H,78,95)(H,79,99)(H,80,96)(H,81,97)(H,82,91)(H,83,100)(H,84,98)(H,85,94)(H,86,103)(H,87,93)/t47-,48-,49-,54-,55-,56-,57-,58-,59-,63-/m0/s1. The first-order chi connectivity index (χ1) is 49.7. The van der Waals surface area contributed by atoms with Gasteiger partial charge in [-0.3, -0.25) is 62.3 Å². The largest absolute Gasteiger partial charge is 0.461 e. The molecule has 0 aliphatic heterocycles. The van der Waals surface area contributed by atoms with Gasteiger partial charge in [-0.25, -0.2) is 4.79 Å². The molecule has 0 aliphatic carbocycles. The van der Waals surface area contributed by atoms with Crippen molar-refractivity contribution in [3.63, 3.8) is 0 Å². The number of benzene rings is 4. The van der Waals surface area contributed by atoms with Crippen molar-refractivity contribution < 1.29 is 81.3 Å². The highest BCUT2D eigenvalue weighted by Gasteiger charge is 2.39. The van der Waals surface area contributed by atoms with Crippen LogP contribution in [0.4, 0.5) is 4.79 Å². The lowest BCUT2D eigenvalue weighted by atomic mass is 10.00. The second kappa shape index (κ2) is 42.2. The molecule has 0 spiro atoms. The van der Waals surface area contributed by atoms with Gasteiger partial charge in [0.05, 0.1) is 31.7 Å². The van der Waals surface area contributed by atoms with Crippen LogP contribution in [0, 0.1) is 11.8 Å². The Bertz CT molecular complexity index is 3630. The van der Waals surface area contributed by atoms with Crippen LogP contribution in [0.15, 0.2) is 121 Å². The van der Waals surface area contributed by atoms with E-state index in [1.54, 1.807) is 191 Å². The van der Waals surface area contributed by atoms with E-state index in [9.17, 15) is 67.1 Å². The lowest BCUT2D eigenvalue weighted by Crippen LogP contribution is -2.61. The van der Waals surface area contributed by atoms with E-state index >= 15 is 0 Å². The lowest BCUT2D eigenvalue weighted by molar-refractivity contribution is -0.150. The lowest BCUT2D eigenvalue weighted by Gasteiger charge is -2.31. The third-order valence-corrected chi connectivity index (χ3v) is 16.4. The summed E-state index contributed by atoms with van der Waals surface area (Å²) < 4.78 is 16.7. The summed E-state index contributed by atoms with van der Waals surface area (Å²) in [7, 11) is 2.60. The van der Waals surface area contributed by atoms with Crippen molar-refractivity contribution >= 4 is 82.9 Å². The quantitative estimate of drug-likeness (QED) is 0.0285. The molecular weight excluding hydrogens is 1370 g/mol. The van der Waals surface area contributed by atoms with Gasteiger partial charge in [0.25, 0.3) is 0 Å². The molecule has 0 heterocycles. The summed E-state index contributed by atoms with van der Waals surface area (Å²) >= 11 is 0. The van der Waals surface area contributed by atoms with Crippen molar-refractivity contribution in [2.24, 2.45) is 17.6 Å². The molecule has 0 saturated carbocycles. The number of carbonyl (C=O) groups is 14. The van der Waals surface area contributed by atoms with E-state index in [1.807, 2.05) is 0 Å². The second-order valence-corrected chi connectivity index (χ2v) is 28.7. The number of nitrogens with one attached hydrogen (secondary N) is 10. The number of primary amides is 1. The highest BCUT2D eigenvalue weighted by Crippen LogP contribution is 2.17. The minimum Gasteiger partial charge on any atom is -0.461 e. The molecule has 4 aromatic rings. The minimum absolute atomic E-state index is 0.0265. The van der Waals surface area contributed by atoms with Crippen LogP contribution >= 0.6 is 0 Å². The van der Waals surface area contributed by atoms with E-state index in [2.05, 4.69) is 53.2 Å². The van der Waals surface area contributed by atoms with Gasteiger partial charge < -0.3 is 82.9 Å². The Morgan fingerprint density at radius 2 is 0.896 bits per heavy atom. The third kappa shape index (κ3) is 31.3. The molecule has 12 N–H and O–H groups in total. The molecule has 13 amide bonds. The number of likely N-dealkylation sites (N-methyl/N-ethyl adjacent to an activating group) is 2. The monoisotopic (exact) mass is 1470 g/mol. The van der Waals surface area contributed by atoms with Gasteiger partial charge in [0, 0.05) is 33.4 Å². The average molecular weight is 1470 g/mol. The summed E-state index contributed by atoms with van der Waals surface area (Å²) in [4.78, 5) is 196. The van der Waals surface area contributed by atoms with Crippen molar-refractivity contribution in [1.29, 1.82) is 0 Å². The molecular formula is C76H107N13O17. The molecule has 4 rings (SSSR count). The maximum Gasteiger partial charge on any atom is 0.408 e. The van der Waals surface area contributed by atoms with Gasteiger partial charge in [-0.05, 0) is 103 Å². The van der Waals surface area contributed by atoms with E-state index in [0.29, 0.717) is 22.3 Å². The summed E-state index contributed by atoms with van der Waals surface area (Å²) in [5.74, 6) is -11.8. The maximum absolute atomic E-state index is 14.8. The Morgan fingerprint density at radius 1 is 0.434 bits per heavy atom. The fraction of sp³-hybridized carbons (Fsp3) is 0.500. The van der Waals surface area contributed by atoms with E-state index < -0.39 is 180 Å². The number of ether oxygens (including phenoxy) is 3. The Morgan fingerprint density at radius 3 is 1.40 bits per heavy atom. The number of carbonyl (C=O) groups excluding carboxylic acids is 14. The number of rotatable bonds is 39. The number of hydrogen-bond donors (Lipinski definition) is 11. The molecule has 0 aromatic heterocycles. The summed E-state index contributed by atoms with van der Waals surface area (Å²) in [6, 6.07) is 21.0. The average Bonchev–Trinajstić information content (AvgIpc) is 0.842. The second-order valence-electron chi connectivity index (χ2n) is 28.7. The zero-order valence-corrected chi connectivity index (χ0v) is 63.3. The highest BCUT2D eigenvalue weighted by atomic mass is 16.6. The molecule has 0 saturated heterocycles. The number of esters is 1. The SMILES string of the molecule is CC(C)C[C@H](NC(=O)CNC(=O)[C@H](Cc1ccccc1)N(C)C(=O)[C@H](C)NC(=O)[C@H](Cc1ccccc1)NC(=O)OC(C)(C)C)C(=O)N[C@@H](C)C(=O)N[C@H](C(=O)N[C@@H](Cc1ccccc1)C(=O)N[C@@H](CC(=O)OCc1ccccc1)C(=O)N(C)[C@@H](C)C(=O)N[C@@H](COC(C)(C)C)C(=O)NCC(N)=O)C(C)C. The Kier molecular flexibility index (Phi) is 34.9. The van der Waals surface area contributed by atoms with Gasteiger partial charge in [0.2, 0.25) is 70.9 Å². The minimum atomic E-state index is -1.75. The molecule has 10 atom stereocenters. The van der Waals surface area contributed by atoms with Gasteiger partial charge in [-0.2, -0.15) is 0 Å². The number of amides is 13. The molecule has 578 valence electrons. The molecule has 30 heteroatoms. The first kappa shape index (κ1) is 87.6. The molecule has 0 unspecified atom stereocenters. The maximum atomic E-state index is 14.8. The topological polar surface area (TPSA) is 419 Å². The third-order valence-electron chi connectivity index (χ3n) is 16.4. The first-order valence-corrected chi connectivity index (χ1v) is 35.2. The van der Waals surface area contributed by atoms with Crippen molar-refractivity contribution in [2.45, 2.75) is 200 Å². The number of alkyl carbamates (subject to hydrolysis) is 1. The zero-order chi connectivity index (χ0) is 79.2. The van der Waals surface area contributed by atoms with E-state index in [-0.39, 0.29) is 44.8 Å². The molecule has 0 bridgehead atoms. The number of nitrogens with zero attached hydrogens (tertiary/aromatic N) is 2. The van der Waals surface area contributed by atoms with E-state index in [0.717, 1.165) is 9.80 Å². The molecule has 4 aromatic carbocycles. The van der Waals surface area contributed by atoms with E-state index in [1.165, 1.54) is 34.9 Å². The summed E-state index contributed by atoms with van der Waals surface area (Å²) in [5.41, 5.74) is 6.09. The van der Waals surface area contributed by atoms with Crippen LogP contribution in [0.1, 0.15) is 125 Å². The fourth-order valence-electron chi connectivity index (χ4n) is 10.5. The van der Waals surface area contributed by atoms with Crippen LogP contribution in [-0.2, 0) is 102 Å². The first-order valence-electron chi connectivity index (χ1n) is 35.2. The summed E-state index contributed by atoms with van der Waals surface area (Å²) in [6.07, 6.45) is -1.74. The van der Waals surface area contributed by atoms with E-state index in [4.69, 9.17) is 19.9 Å². The van der Waals surface area contributed by atoms with Crippen LogP contribution in [0.3, 0.4) is 0 Å². The fourth-order valence-corrected chi connectivity index (χ4v) is 10.5. The Hall–Kier alpha value is -10.8. The van der Waals surface area contributed by atoms with Gasteiger partial charge in [-0.15, -0.1) is 0 Å². The van der Waals surface area contributed by atoms with Crippen molar-refractivity contribution in [1.82, 2.24) is 63.0 Å². The van der Waals surface area contributed by atoms with Gasteiger partial charge in [-0.1, -0.05) is 149 Å². The van der Waals surface area contributed by atoms with Crippen LogP contribution in [-0.4, -0.2) is 198 Å². The summed E-state index contributed by atoms with van der Waals surface area (Å²) in [5, 5.41) is 25.9. The van der Waals surface area contributed by atoms with Gasteiger partial charge in [0.1, 0.15) is 72.6 Å². The predicted octanol–water partition coefficient (Wildman–Crippen LogP) is 2.08. The Balaban J connectivity index is 1.51. The number of nitrogens with two attached hydrogens (primary N) is 1. The van der Waals surface area contributed by atoms with Crippen LogP contribution in [0.25, 0.3) is 0 Å². The normalized spacial score (nSPS) is 14.2. The zero-order valence-electron chi connectivity index (χ0n) is 63.3.